The van der Waals surface area contributed by atoms with Crippen LogP contribution >= 0.6 is 11.6 Å². The molecule has 1 atom stereocenters. The van der Waals surface area contributed by atoms with Crippen LogP contribution in [0.4, 0.5) is 0 Å². The molecular formula is C25H26ClNO4. The first-order chi connectivity index (χ1) is 14.9. The number of ketones is 1. The topological polar surface area (TPSA) is 66.8 Å². The molecular weight excluding hydrogens is 414 g/mol. The number of aliphatic hydroxyl groups is 1. The molecule has 0 bridgehead atoms. The number of benzene rings is 2. The molecule has 1 amide bonds. The summed E-state index contributed by atoms with van der Waals surface area (Å²) in [7, 11) is 0. The Bertz CT molecular complexity index is 1040. The number of hydrogen-bond donors (Lipinski definition) is 1. The molecule has 0 radical (unpaired) electrons. The number of carbonyl (C=O) groups excluding carboxylic acids is 2. The van der Waals surface area contributed by atoms with Crippen LogP contribution in [-0.2, 0) is 9.59 Å². The highest BCUT2D eigenvalue weighted by atomic mass is 35.5. The summed E-state index contributed by atoms with van der Waals surface area (Å²) >= 11 is 6.07. The molecule has 162 valence electrons. The van der Waals surface area contributed by atoms with E-state index in [4.69, 9.17) is 16.3 Å². The monoisotopic (exact) mass is 439 g/mol. The number of Topliss-reactive ketones (excluding diaryl/α,β-unsaturated/α-hetero) is 1. The first-order valence-corrected chi connectivity index (χ1v) is 11.1. The zero-order chi connectivity index (χ0) is 22.1. The third-order valence-corrected chi connectivity index (χ3v) is 6.38. The van der Waals surface area contributed by atoms with E-state index in [0.29, 0.717) is 17.2 Å². The number of aryl methyl sites for hydroxylation is 1. The van der Waals surface area contributed by atoms with Crippen LogP contribution in [0.5, 0.6) is 5.75 Å². The minimum absolute atomic E-state index is 0.00973. The largest absolute Gasteiger partial charge is 0.507 e. The molecule has 0 aromatic heterocycles. The lowest BCUT2D eigenvalue weighted by Gasteiger charge is -2.30. The fourth-order valence-electron chi connectivity index (χ4n) is 4.65. The fourth-order valence-corrected chi connectivity index (χ4v) is 4.78. The van der Waals surface area contributed by atoms with Gasteiger partial charge in [0.2, 0.25) is 0 Å². The highest BCUT2D eigenvalue weighted by molar-refractivity contribution is 6.46. The number of hydrogen-bond acceptors (Lipinski definition) is 4. The Hall–Kier alpha value is -2.79. The molecule has 1 saturated carbocycles. The normalized spacial score (nSPS) is 21.1. The molecule has 2 aromatic carbocycles. The van der Waals surface area contributed by atoms with E-state index in [9.17, 15) is 14.7 Å². The lowest BCUT2D eigenvalue weighted by Crippen LogP contribution is -2.37. The third kappa shape index (κ3) is 3.94. The fraction of sp³-hybridized carbons (Fsp3) is 0.360. The number of likely N-dealkylation sites (tertiary alicyclic amines) is 1. The van der Waals surface area contributed by atoms with Gasteiger partial charge in [0.25, 0.3) is 11.7 Å². The molecule has 2 aromatic rings. The summed E-state index contributed by atoms with van der Waals surface area (Å²) in [6.45, 7) is 4.33. The summed E-state index contributed by atoms with van der Waals surface area (Å²) in [5, 5.41) is 11.8. The van der Waals surface area contributed by atoms with Crippen molar-refractivity contribution in [2.45, 2.75) is 51.6 Å². The van der Waals surface area contributed by atoms with Crippen LogP contribution in [0.15, 0.2) is 48.0 Å². The third-order valence-electron chi connectivity index (χ3n) is 6.13. The van der Waals surface area contributed by atoms with E-state index in [1.807, 2.05) is 26.0 Å². The molecule has 1 N–H and O–H groups in total. The second-order valence-corrected chi connectivity index (χ2v) is 8.55. The van der Waals surface area contributed by atoms with Crippen LogP contribution in [-0.4, -0.2) is 34.3 Å². The Balaban J connectivity index is 1.84. The number of halogens is 1. The van der Waals surface area contributed by atoms with Crippen molar-refractivity contribution in [2.75, 3.05) is 6.61 Å². The molecule has 1 heterocycles. The molecule has 1 aliphatic heterocycles. The first kappa shape index (κ1) is 21.4. The lowest BCUT2D eigenvalue weighted by molar-refractivity contribution is -0.141. The average Bonchev–Trinajstić information content (AvgIpc) is 3.37. The molecule has 5 nitrogen and oxygen atoms in total. The molecule has 2 aliphatic rings. The summed E-state index contributed by atoms with van der Waals surface area (Å²) < 4.78 is 5.58. The zero-order valence-corrected chi connectivity index (χ0v) is 18.5. The van der Waals surface area contributed by atoms with Gasteiger partial charge >= 0.3 is 0 Å². The van der Waals surface area contributed by atoms with Crippen LogP contribution in [0.3, 0.4) is 0 Å². The van der Waals surface area contributed by atoms with Crippen LogP contribution in [0.2, 0.25) is 5.02 Å². The van der Waals surface area contributed by atoms with Crippen molar-refractivity contribution < 1.29 is 19.4 Å². The van der Waals surface area contributed by atoms with E-state index in [2.05, 4.69) is 0 Å². The summed E-state index contributed by atoms with van der Waals surface area (Å²) in [5.74, 6) is -0.628. The van der Waals surface area contributed by atoms with Crippen molar-refractivity contribution in [3.05, 3.63) is 69.8 Å². The van der Waals surface area contributed by atoms with E-state index in [1.165, 1.54) is 0 Å². The van der Waals surface area contributed by atoms with Gasteiger partial charge in [-0.05, 0) is 68.1 Å². The predicted molar refractivity (Wildman–Crippen MR) is 120 cm³/mol. The first-order valence-electron chi connectivity index (χ1n) is 10.7. The Morgan fingerprint density at radius 1 is 1.13 bits per heavy atom. The predicted octanol–water partition coefficient (Wildman–Crippen LogP) is 5.41. The highest BCUT2D eigenvalue weighted by Gasteiger charge is 2.49. The van der Waals surface area contributed by atoms with Gasteiger partial charge in [-0.1, -0.05) is 36.6 Å². The van der Waals surface area contributed by atoms with E-state index < -0.39 is 17.7 Å². The minimum atomic E-state index is -0.643. The molecule has 6 heteroatoms. The van der Waals surface area contributed by atoms with Crippen molar-refractivity contribution in [1.29, 1.82) is 0 Å². The van der Waals surface area contributed by atoms with Gasteiger partial charge in [0, 0.05) is 16.6 Å². The van der Waals surface area contributed by atoms with Crippen molar-refractivity contribution >= 4 is 29.1 Å². The molecule has 1 aliphatic carbocycles. The van der Waals surface area contributed by atoms with Crippen LogP contribution < -0.4 is 4.74 Å². The van der Waals surface area contributed by atoms with Crippen molar-refractivity contribution in [3.8, 4) is 5.75 Å². The molecule has 1 saturated heterocycles. The maximum atomic E-state index is 13.1. The number of ether oxygens (including phenoxy) is 1. The quantitative estimate of drug-likeness (QED) is 0.384. The molecule has 0 spiro atoms. The number of carbonyl (C=O) groups is 2. The lowest BCUT2D eigenvalue weighted by atomic mass is 9.94. The van der Waals surface area contributed by atoms with Gasteiger partial charge in [-0.3, -0.25) is 9.59 Å². The average molecular weight is 440 g/mol. The number of aliphatic hydroxyl groups excluding tert-OH is 1. The van der Waals surface area contributed by atoms with E-state index in [1.54, 1.807) is 35.2 Å². The molecule has 2 fully saturated rings. The standard InChI is InChI=1S/C25H26ClNO4/c1-3-31-20-13-10-17(14-15(20)2)23(28)21-22(16-8-11-18(26)12-9-16)27(25(30)24(21)29)19-6-4-5-7-19/h8-14,19,22,28H,3-7H2,1-2H3/b23-21-. The van der Waals surface area contributed by atoms with E-state index >= 15 is 0 Å². The van der Waals surface area contributed by atoms with Crippen LogP contribution in [0.1, 0.15) is 55.3 Å². The van der Waals surface area contributed by atoms with Gasteiger partial charge in [-0.15, -0.1) is 0 Å². The molecule has 4 rings (SSSR count). The van der Waals surface area contributed by atoms with Gasteiger partial charge < -0.3 is 14.7 Å². The van der Waals surface area contributed by atoms with Crippen LogP contribution in [0.25, 0.3) is 5.76 Å². The maximum Gasteiger partial charge on any atom is 0.295 e. The number of rotatable bonds is 5. The van der Waals surface area contributed by atoms with Gasteiger partial charge in [0.1, 0.15) is 11.5 Å². The Kier molecular flexibility index (Phi) is 6.05. The van der Waals surface area contributed by atoms with Gasteiger partial charge in [0.05, 0.1) is 18.2 Å². The van der Waals surface area contributed by atoms with Gasteiger partial charge in [0.15, 0.2) is 0 Å². The number of nitrogens with zero attached hydrogens (tertiary/aromatic N) is 1. The van der Waals surface area contributed by atoms with Gasteiger partial charge in [-0.25, -0.2) is 0 Å². The second kappa shape index (κ2) is 8.75. The van der Waals surface area contributed by atoms with Crippen molar-refractivity contribution in [3.63, 3.8) is 0 Å². The Morgan fingerprint density at radius 3 is 2.42 bits per heavy atom. The Labute approximate surface area is 187 Å². The zero-order valence-electron chi connectivity index (χ0n) is 17.7. The Morgan fingerprint density at radius 2 is 1.81 bits per heavy atom. The number of amides is 1. The summed E-state index contributed by atoms with van der Waals surface area (Å²) in [4.78, 5) is 27.9. The SMILES string of the molecule is CCOc1ccc(/C(O)=C2/C(=O)C(=O)N(C3CCCC3)C2c2ccc(Cl)cc2)cc1C. The molecule has 1 unspecified atom stereocenters. The van der Waals surface area contributed by atoms with Crippen molar-refractivity contribution in [1.82, 2.24) is 4.90 Å². The molecule has 31 heavy (non-hydrogen) atoms. The van der Waals surface area contributed by atoms with Crippen LogP contribution in [0, 0.1) is 6.92 Å². The summed E-state index contributed by atoms with van der Waals surface area (Å²) in [6.07, 6.45) is 3.77. The van der Waals surface area contributed by atoms with Crippen molar-refractivity contribution in [2.24, 2.45) is 0 Å². The minimum Gasteiger partial charge on any atom is -0.507 e. The smallest absolute Gasteiger partial charge is 0.295 e. The summed E-state index contributed by atoms with van der Waals surface area (Å²) in [5.41, 5.74) is 2.23. The highest BCUT2D eigenvalue weighted by Crippen LogP contribution is 2.43. The van der Waals surface area contributed by atoms with E-state index in [-0.39, 0.29) is 17.4 Å². The second-order valence-electron chi connectivity index (χ2n) is 8.11. The summed E-state index contributed by atoms with van der Waals surface area (Å²) in [6, 6.07) is 11.8. The van der Waals surface area contributed by atoms with Gasteiger partial charge in [-0.2, -0.15) is 0 Å². The van der Waals surface area contributed by atoms with E-state index in [0.717, 1.165) is 42.6 Å². The maximum absolute atomic E-state index is 13.1.